The third-order valence-electron chi connectivity index (χ3n) is 3.62. The molecule has 0 aromatic carbocycles. The SMILES string of the molecule is CSC(N1CCCCC1)N1CCCCC1. The molecule has 2 aliphatic rings. The number of likely N-dealkylation sites (tertiary alicyclic amines) is 2. The molecule has 0 aromatic heterocycles. The lowest BCUT2D eigenvalue weighted by Crippen LogP contribution is -2.49. The molecule has 0 saturated carbocycles. The van der Waals surface area contributed by atoms with Crippen molar-refractivity contribution in [3.63, 3.8) is 0 Å². The fourth-order valence-corrected chi connectivity index (χ4v) is 3.83. The lowest BCUT2D eigenvalue weighted by atomic mass is 10.1. The van der Waals surface area contributed by atoms with Gasteiger partial charge in [-0.05, 0) is 31.9 Å². The minimum Gasteiger partial charge on any atom is -0.279 e. The highest BCUT2D eigenvalue weighted by Gasteiger charge is 2.26. The molecule has 0 atom stereocenters. The van der Waals surface area contributed by atoms with Crippen LogP contribution in [0.4, 0.5) is 0 Å². The molecule has 3 heteroatoms. The van der Waals surface area contributed by atoms with E-state index in [1.807, 2.05) is 11.8 Å². The standard InChI is InChI=1S/C12H24N2S/c1-15-12(13-8-4-2-5-9-13)14-10-6-3-7-11-14/h12H,2-11H2,1H3. The Morgan fingerprint density at radius 1 is 0.733 bits per heavy atom. The van der Waals surface area contributed by atoms with Crippen LogP contribution in [0.25, 0.3) is 0 Å². The number of rotatable bonds is 3. The number of hydrogen-bond donors (Lipinski definition) is 0. The van der Waals surface area contributed by atoms with E-state index in [0.717, 1.165) is 0 Å². The highest BCUT2D eigenvalue weighted by atomic mass is 32.2. The summed E-state index contributed by atoms with van der Waals surface area (Å²) in [5.41, 5.74) is 0.672. The van der Waals surface area contributed by atoms with E-state index in [9.17, 15) is 0 Å². The van der Waals surface area contributed by atoms with Gasteiger partial charge in [0.2, 0.25) is 0 Å². The molecule has 0 amide bonds. The van der Waals surface area contributed by atoms with Gasteiger partial charge in [0.05, 0.1) is 0 Å². The van der Waals surface area contributed by atoms with Gasteiger partial charge in [0.15, 0.2) is 0 Å². The molecule has 0 aromatic rings. The fraction of sp³-hybridized carbons (Fsp3) is 1.00. The molecule has 2 saturated heterocycles. The first-order valence-electron chi connectivity index (χ1n) is 6.43. The van der Waals surface area contributed by atoms with Crippen LogP contribution < -0.4 is 0 Å². The van der Waals surface area contributed by atoms with Crippen LogP contribution in [0.3, 0.4) is 0 Å². The predicted octanol–water partition coefficient (Wildman–Crippen LogP) is 2.60. The molecule has 0 unspecified atom stereocenters. The second-order valence-electron chi connectivity index (χ2n) is 4.76. The van der Waals surface area contributed by atoms with Gasteiger partial charge < -0.3 is 0 Å². The molecule has 15 heavy (non-hydrogen) atoms. The maximum absolute atomic E-state index is 2.69. The van der Waals surface area contributed by atoms with E-state index >= 15 is 0 Å². The molecule has 0 N–H and O–H groups in total. The predicted molar refractivity (Wildman–Crippen MR) is 68.2 cm³/mol. The molecular weight excluding hydrogens is 204 g/mol. The van der Waals surface area contributed by atoms with E-state index in [0.29, 0.717) is 5.50 Å². The van der Waals surface area contributed by atoms with Crippen LogP contribution in [-0.4, -0.2) is 47.7 Å². The van der Waals surface area contributed by atoms with Gasteiger partial charge >= 0.3 is 0 Å². The van der Waals surface area contributed by atoms with Gasteiger partial charge in [-0.2, -0.15) is 0 Å². The van der Waals surface area contributed by atoms with Crippen molar-refractivity contribution in [2.75, 3.05) is 32.4 Å². The van der Waals surface area contributed by atoms with Crippen molar-refractivity contribution in [1.82, 2.24) is 9.80 Å². The van der Waals surface area contributed by atoms with Crippen LogP contribution in [0, 0.1) is 0 Å². The number of nitrogens with zero attached hydrogens (tertiary/aromatic N) is 2. The Morgan fingerprint density at radius 2 is 1.13 bits per heavy atom. The second kappa shape index (κ2) is 6.12. The Morgan fingerprint density at radius 3 is 1.47 bits per heavy atom. The van der Waals surface area contributed by atoms with E-state index in [2.05, 4.69) is 16.1 Å². The molecule has 2 nitrogen and oxygen atoms in total. The summed E-state index contributed by atoms with van der Waals surface area (Å²) in [6, 6.07) is 0. The van der Waals surface area contributed by atoms with Gasteiger partial charge in [0.1, 0.15) is 5.50 Å². The summed E-state index contributed by atoms with van der Waals surface area (Å²) in [5.74, 6) is 0. The Balaban J connectivity index is 1.88. The first kappa shape index (κ1) is 11.7. The van der Waals surface area contributed by atoms with Crippen molar-refractivity contribution < 1.29 is 0 Å². The zero-order valence-corrected chi connectivity index (χ0v) is 10.8. The summed E-state index contributed by atoms with van der Waals surface area (Å²) in [7, 11) is 0. The zero-order chi connectivity index (χ0) is 10.5. The van der Waals surface area contributed by atoms with Gasteiger partial charge in [-0.25, -0.2) is 0 Å². The van der Waals surface area contributed by atoms with Crippen LogP contribution in [0.5, 0.6) is 0 Å². The zero-order valence-electron chi connectivity index (χ0n) is 9.95. The summed E-state index contributed by atoms with van der Waals surface area (Å²) in [4.78, 5) is 5.39. The van der Waals surface area contributed by atoms with Crippen molar-refractivity contribution in [2.45, 2.75) is 44.0 Å². The number of thioether (sulfide) groups is 1. The van der Waals surface area contributed by atoms with E-state index in [1.165, 1.54) is 64.7 Å². The maximum atomic E-state index is 2.69. The van der Waals surface area contributed by atoms with Crippen LogP contribution in [0.15, 0.2) is 0 Å². The second-order valence-corrected chi connectivity index (χ2v) is 5.65. The monoisotopic (exact) mass is 228 g/mol. The lowest BCUT2D eigenvalue weighted by molar-refractivity contribution is 0.0741. The van der Waals surface area contributed by atoms with Crippen molar-refractivity contribution in [2.24, 2.45) is 0 Å². The smallest absolute Gasteiger partial charge is 0.110 e. The third-order valence-corrected chi connectivity index (χ3v) is 4.63. The average Bonchev–Trinajstić information content (AvgIpc) is 2.33. The van der Waals surface area contributed by atoms with E-state index < -0.39 is 0 Å². The Labute approximate surface area is 98.4 Å². The molecule has 0 bridgehead atoms. The largest absolute Gasteiger partial charge is 0.279 e. The van der Waals surface area contributed by atoms with Gasteiger partial charge in [0, 0.05) is 26.2 Å². The first-order chi connectivity index (χ1) is 7.42. The van der Waals surface area contributed by atoms with E-state index in [-0.39, 0.29) is 0 Å². The van der Waals surface area contributed by atoms with Crippen molar-refractivity contribution in [3.8, 4) is 0 Å². The minimum atomic E-state index is 0.672. The van der Waals surface area contributed by atoms with Gasteiger partial charge in [-0.15, -0.1) is 11.8 Å². The Kier molecular flexibility index (Phi) is 4.79. The fourth-order valence-electron chi connectivity index (χ4n) is 2.81. The molecule has 2 heterocycles. The van der Waals surface area contributed by atoms with Crippen molar-refractivity contribution in [1.29, 1.82) is 0 Å². The topological polar surface area (TPSA) is 6.48 Å². The third kappa shape index (κ3) is 3.11. The first-order valence-corrected chi connectivity index (χ1v) is 7.71. The molecule has 2 fully saturated rings. The van der Waals surface area contributed by atoms with Gasteiger partial charge in [0.25, 0.3) is 0 Å². The van der Waals surface area contributed by atoms with Gasteiger partial charge in [-0.1, -0.05) is 12.8 Å². The summed E-state index contributed by atoms with van der Waals surface area (Å²) in [5, 5.41) is 0. The molecule has 88 valence electrons. The molecule has 0 radical (unpaired) electrons. The summed E-state index contributed by atoms with van der Waals surface area (Å²) in [6.45, 7) is 5.29. The summed E-state index contributed by atoms with van der Waals surface area (Å²) < 4.78 is 0. The van der Waals surface area contributed by atoms with Gasteiger partial charge in [-0.3, -0.25) is 9.80 Å². The number of piperidine rings is 2. The van der Waals surface area contributed by atoms with Crippen molar-refractivity contribution in [3.05, 3.63) is 0 Å². The summed E-state index contributed by atoms with van der Waals surface area (Å²) in [6.07, 6.45) is 10.8. The molecular formula is C12H24N2S. The van der Waals surface area contributed by atoms with Crippen LogP contribution in [0.2, 0.25) is 0 Å². The highest BCUT2D eigenvalue weighted by molar-refractivity contribution is 7.99. The van der Waals surface area contributed by atoms with Crippen LogP contribution >= 0.6 is 11.8 Å². The lowest BCUT2D eigenvalue weighted by Gasteiger charge is -2.42. The summed E-state index contributed by atoms with van der Waals surface area (Å²) >= 11 is 2.03. The molecule has 0 spiro atoms. The maximum Gasteiger partial charge on any atom is 0.110 e. The van der Waals surface area contributed by atoms with Crippen LogP contribution in [-0.2, 0) is 0 Å². The normalized spacial score (nSPS) is 26.0. The van der Waals surface area contributed by atoms with Crippen molar-refractivity contribution >= 4 is 11.8 Å². The molecule has 0 aliphatic carbocycles. The Bertz CT molecular complexity index is 156. The Hall–Kier alpha value is 0.270. The average molecular weight is 228 g/mol. The van der Waals surface area contributed by atoms with Crippen LogP contribution in [0.1, 0.15) is 38.5 Å². The van der Waals surface area contributed by atoms with E-state index in [4.69, 9.17) is 0 Å². The number of hydrogen-bond acceptors (Lipinski definition) is 3. The van der Waals surface area contributed by atoms with E-state index in [1.54, 1.807) is 0 Å². The minimum absolute atomic E-state index is 0.672. The molecule has 2 rings (SSSR count). The molecule has 2 aliphatic heterocycles. The quantitative estimate of drug-likeness (QED) is 0.733. The highest BCUT2D eigenvalue weighted by Crippen LogP contribution is 2.24.